The molecule has 1 amide bonds. The second kappa shape index (κ2) is 6.62. The number of benzene rings is 1. The Hall–Kier alpha value is -2.17. The zero-order chi connectivity index (χ0) is 17.3. The van der Waals surface area contributed by atoms with Crippen molar-refractivity contribution in [1.29, 1.82) is 0 Å². The first-order valence-corrected chi connectivity index (χ1v) is 9.34. The van der Waals surface area contributed by atoms with Gasteiger partial charge in [-0.2, -0.15) is 4.98 Å². The summed E-state index contributed by atoms with van der Waals surface area (Å²) in [4.78, 5) is 20.0. The molecule has 1 atom stereocenters. The van der Waals surface area contributed by atoms with E-state index in [0.717, 1.165) is 38.6 Å². The molecule has 4 rings (SSSR count). The van der Waals surface area contributed by atoms with E-state index in [1.165, 1.54) is 12.0 Å². The van der Waals surface area contributed by atoms with Crippen LogP contribution in [0.25, 0.3) is 0 Å². The molecular weight excluding hydrogens is 314 g/mol. The van der Waals surface area contributed by atoms with Crippen LogP contribution >= 0.6 is 0 Å². The largest absolute Gasteiger partial charge is 0.341 e. The molecule has 5 heteroatoms. The third-order valence-electron chi connectivity index (χ3n) is 5.81. The SMILES string of the molecule is Cc1noc([C@H]2CCN(C(=O)C3(c4ccccc4)CCCCC3)C2)n1. The van der Waals surface area contributed by atoms with Crippen molar-refractivity contribution in [1.82, 2.24) is 15.0 Å². The highest BCUT2D eigenvalue weighted by molar-refractivity contribution is 5.88. The Labute approximate surface area is 148 Å². The van der Waals surface area contributed by atoms with Crippen molar-refractivity contribution in [3.05, 3.63) is 47.6 Å². The molecule has 1 aromatic carbocycles. The summed E-state index contributed by atoms with van der Waals surface area (Å²) < 4.78 is 5.33. The summed E-state index contributed by atoms with van der Waals surface area (Å²) >= 11 is 0. The van der Waals surface area contributed by atoms with Crippen LogP contribution in [-0.4, -0.2) is 34.0 Å². The van der Waals surface area contributed by atoms with Crippen LogP contribution in [0.1, 0.15) is 61.7 Å². The van der Waals surface area contributed by atoms with Crippen LogP contribution in [0.5, 0.6) is 0 Å². The predicted octanol–water partition coefficient (Wildman–Crippen LogP) is 3.60. The minimum Gasteiger partial charge on any atom is -0.341 e. The molecule has 1 aliphatic heterocycles. The van der Waals surface area contributed by atoms with E-state index in [0.29, 0.717) is 18.3 Å². The number of amides is 1. The lowest BCUT2D eigenvalue weighted by Crippen LogP contribution is -2.47. The average molecular weight is 339 g/mol. The van der Waals surface area contributed by atoms with E-state index in [1.54, 1.807) is 0 Å². The van der Waals surface area contributed by atoms with Gasteiger partial charge in [0.1, 0.15) is 0 Å². The molecule has 2 fully saturated rings. The number of hydrogen-bond acceptors (Lipinski definition) is 4. The molecule has 1 aromatic heterocycles. The Bertz CT molecular complexity index is 734. The fourth-order valence-corrected chi connectivity index (χ4v) is 4.47. The molecule has 0 bridgehead atoms. The summed E-state index contributed by atoms with van der Waals surface area (Å²) in [5, 5.41) is 3.89. The lowest BCUT2D eigenvalue weighted by atomic mass is 9.68. The van der Waals surface area contributed by atoms with Crippen LogP contribution in [0.2, 0.25) is 0 Å². The molecule has 0 unspecified atom stereocenters. The smallest absolute Gasteiger partial charge is 0.233 e. The summed E-state index contributed by atoms with van der Waals surface area (Å²) in [5.41, 5.74) is 0.830. The molecule has 2 heterocycles. The van der Waals surface area contributed by atoms with E-state index >= 15 is 0 Å². The monoisotopic (exact) mass is 339 g/mol. The van der Waals surface area contributed by atoms with Crippen molar-refractivity contribution >= 4 is 5.91 Å². The van der Waals surface area contributed by atoms with Crippen molar-refractivity contribution in [2.24, 2.45) is 0 Å². The van der Waals surface area contributed by atoms with Gasteiger partial charge in [-0.15, -0.1) is 0 Å². The highest BCUT2D eigenvalue weighted by Gasteiger charge is 2.45. The average Bonchev–Trinajstić information content (AvgIpc) is 3.31. The number of rotatable bonds is 3. The number of aryl methyl sites for hydroxylation is 1. The van der Waals surface area contributed by atoms with E-state index < -0.39 is 0 Å². The number of likely N-dealkylation sites (tertiary alicyclic amines) is 1. The maximum atomic E-state index is 13.6. The summed E-state index contributed by atoms with van der Waals surface area (Å²) in [6.07, 6.45) is 6.29. The molecule has 2 aliphatic rings. The van der Waals surface area contributed by atoms with E-state index in [1.807, 2.05) is 30.0 Å². The highest BCUT2D eigenvalue weighted by Crippen LogP contribution is 2.42. The third kappa shape index (κ3) is 2.96. The Morgan fingerprint density at radius 1 is 1.20 bits per heavy atom. The first kappa shape index (κ1) is 16.3. The topological polar surface area (TPSA) is 59.2 Å². The molecule has 1 saturated heterocycles. The second-order valence-corrected chi connectivity index (χ2v) is 7.43. The zero-order valence-corrected chi connectivity index (χ0v) is 14.8. The van der Waals surface area contributed by atoms with E-state index in [2.05, 4.69) is 22.3 Å². The van der Waals surface area contributed by atoms with Crippen molar-refractivity contribution < 1.29 is 9.32 Å². The van der Waals surface area contributed by atoms with Gasteiger partial charge in [-0.1, -0.05) is 54.8 Å². The standard InChI is InChI=1S/C20H25N3O2/c1-15-21-18(25-22-15)16-10-13-23(14-16)19(24)20(11-6-3-7-12-20)17-8-4-2-5-9-17/h2,4-5,8-9,16H,3,6-7,10-14H2,1H3/t16-/m0/s1. The lowest BCUT2D eigenvalue weighted by molar-refractivity contribution is -0.137. The molecule has 0 spiro atoms. The zero-order valence-electron chi connectivity index (χ0n) is 14.8. The molecule has 5 nitrogen and oxygen atoms in total. The maximum absolute atomic E-state index is 13.6. The fourth-order valence-electron chi connectivity index (χ4n) is 4.47. The van der Waals surface area contributed by atoms with Gasteiger partial charge in [-0.05, 0) is 31.7 Å². The first-order valence-electron chi connectivity index (χ1n) is 9.34. The van der Waals surface area contributed by atoms with Crippen LogP contribution in [0, 0.1) is 6.92 Å². The fraction of sp³-hybridized carbons (Fsp3) is 0.550. The minimum absolute atomic E-state index is 0.168. The molecule has 1 saturated carbocycles. The number of aromatic nitrogens is 2. The molecule has 0 radical (unpaired) electrons. The predicted molar refractivity (Wildman–Crippen MR) is 94.2 cm³/mol. The molecule has 2 aromatic rings. The number of nitrogens with zero attached hydrogens (tertiary/aromatic N) is 3. The summed E-state index contributed by atoms with van der Waals surface area (Å²) in [6.45, 7) is 3.30. The van der Waals surface area contributed by atoms with E-state index in [4.69, 9.17) is 4.52 Å². The van der Waals surface area contributed by atoms with Crippen LogP contribution in [0.15, 0.2) is 34.9 Å². The molecule has 0 N–H and O–H groups in total. The maximum Gasteiger partial charge on any atom is 0.233 e. The number of hydrogen-bond donors (Lipinski definition) is 0. The van der Waals surface area contributed by atoms with E-state index in [9.17, 15) is 4.79 Å². The van der Waals surface area contributed by atoms with Gasteiger partial charge in [0.15, 0.2) is 5.82 Å². The van der Waals surface area contributed by atoms with Crippen molar-refractivity contribution in [3.63, 3.8) is 0 Å². The summed E-state index contributed by atoms with van der Waals surface area (Å²) in [6, 6.07) is 10.4. The summed E-state index contributed by atoms with van der Waals surface area (Å²) in [7, 11) is 0. The molecule has 132 valence electrons. The van der Waals surface area contributed by atoms with Gasteiger partial charge in [0, 0.05) is 13.1 Å². The quantitative estimate of drug-likeness (QED) is 0.857. The van der Waals surface area contributed by atoms with Gasteiger partial charge in [0.2, 0.25) is 11.8 Å². The van der Waals surface area contributed by atoms with Gasteiger partial charge < -0.3 is 9.42 Å². The first-order chi connectivity index (χ1) is 12.2. The van der Waals surface area contributed by atoms with Crippen LogP contribution < -0.4 is 0 Å². The minimum atomic E-state index is -0.348. The van der Waals surface area contributed by atoms with Crippen molar-refractivity contribution in [2.45, 2.75) is 56.8 Å². The van der Waals surface area contributed by atoms with Crippen molar-refractivity contribution in [2.75, 3.05) is 13.1 Å². The third-order valence-corrected chi connectivity index (χ3v) is 5.81. The Morgan fingerprint density at radius 2 is 1.96 bits per heavy atom. The molecule has 25 heavy (non-hydrogen) atoms. The Morgan fingerprint density at radius 3 is 2.64 bits per heavy atom. The van der Waals surface area contributed by atoms with Crippen LogP contribution in [-0.2, 0) is 10.2 Å². The molecule has 1 aliphatic carbocycles. The number of carbonyl (C=O) groups excluding carboxylic acids is 1. The van der Waals surface area contributed by atoms with Crippen LogP contribution in [0.3, 0.4) is 0 Å². The lowest BCUT2D eigenvalue weighted by Gasteiger charge is -2.39. The van der Waals surface area contributed by atoms with Gasteiger partial charge in [-0.3, -0.25) is 4.79 Å². The van der Waals surface area contributed by atoms with Crippen LogP contribution in [0.4, 0.5) is 0 Å². The van der Waals surface area contributed by atoms with Crippen molar-refractivity contribution in [3.8, 4) is 0 Å². The highest BCUT2D eigenvalue weighted by atomic mass is 16.5. The molecular formula is C20H25N3O2. The Kier molecular flexibility index (Phi) is 4.32. The van der Waals surface area contributed by atoms with E-state index in [-0.39, 0.29) is 17.2 Å². The Balaban J connectivity index is 1.57. The second-order valence-electron chi connectivity index (χ2n) is 7.43. The number of carbonyl (C=O) groups is 1. The van der Waals surface area contributed by atoms with Gasteiger partial charge in [-0.25, -0.2) is 0 Å². The van der Waals surface area contributed by atoms with Gasteiger partial charge in [0.25, 0.3) is 0 Å². The van der Waals surface area contributed by atoms with Gasteiger partial charge >= 0.3 is 0 Å². The van der Waals surface area contributed by atoms with Gasteiger partial charge in [0.05, 0.1) is 11.3 Å². The normalized spacial score (nSPS) is 22.9. The summed E-state index contributed by atoms with van der Waals surface area (Å²) in [5.74, 6) is 1.79.